The lowest BCUT2D eigenvalue weighted by molar-refractivity contribution is 0.660. The topological polar surface area (TPSA) is 3.24 Å². The van der Waals surface area contributed by atoms with Gasteiger partial charge in [-0.15, -0.1) is 0 Å². The summed E-state index contributed by atoms with van der Waals surface area (Å²) in [5.74, 6) is 0. The third-order valence-electron chi connectivity index (χ3n) is 7.20. The Hall–Kier alpha value is -3.84. The maximum Gasteiger partial charge on any atom is 0.0540 e. The molecule has 0 saturated heterocycles. The van der Waals surface area contributed by atoms with Gasteiger partial charge < -0.3 is 4.90 Å². The molecule has 0 radical (unpaired) electrons. The molecule has 5 aromatic carbocycles. The number of hydrogen-bond donors (Lipinski definition) is 0. The van der Waals surface area contributed by atoms with Crippen LogP contribution in [0.3, 0.4) is 0 Å². The summed E-state index contributed by atoms with van der Waals surface area (Å²) in [4.78, 5) is 2.40. The number of aryl methyl sites for hydroxylation is 1. The highest BCUT2D eigenvalue weighted by Crippen LogP contribution is 2.50. The Labute approximate surface area is 195 Å². The fourth-order valence-electron chi connectivity index (χ4n) is 5.46. The number of anilines is 3. The molecule has 0 aliphatic heterocycles. The van der Waals surface area contributed by atoms with E-state index in [1.165, 1.54) is 55.7 Å². The SMILES string of the molecule is Cc1ccc(N(c2ccccc2)c2ccc3c(c2)C(C)(C)c2ccccc2-3)c2ccccc12. The number of para-hydroxylation sites is 1. The summed E-state index contributed by atoms with van der Waals surface area (Å²) < 4.78 is 0. The highest BCUT2D eigenvalue weighted by atomic mass is 15.1. The molecular formula is C32H27N. The number of rotatable bonds is 3. The van der Waals surface area contributed by atoms with Gasteiger partial charge in [0.05, 0.1) is 5.69 Å². The molecule has 0 heterocycles. The predicted molar refractivity (Wildman–Crippen MR) is 141 cm³/mol. The summed E-state index contributed by atoms with van der Waals surface area (Å²) in [6.07, 6.45) is 0. The van der Waals surface area contributed by atoms with Crippen molar-refractivity contribution in [2.45, 2.75) is 26.2 Å². The van der Waals surface area contributed by atoms with Gasteiger partial charge in [0, 0.05) is 22.2 Å². The second-order valence-electron chi connectivity index (χ2n) is 9.52. The summed E-state index contributed by atoms with van der Waals surface area (Å²) in [6.45, 7) is 6.87. The Morgan fingerprint density at radius 3 is 2.03 bits per heavy atom. The van der Waals surface area contributed by atoms with E-state index in [0.29, 0.717) is 0 Å². The molecule has 6 rings (SSSR count). The van der Waals surface area contributed by atoms with Crippen LogP contribution in [0.4, 0.5) is 17.1 Å². The van der Waals surface area contributed by atoms with Crippen molar-refractivity contribution in [3.63, 3.8) is 0 Å². The largest absolute Gasteiger partial charge is 0.310 e. The third-order valence-corrected chi connectivity index (χ3v) is 7.20. The van der Waals surface area contributed by atoms with Crippen molar-refractivity contribution < 1.29 is 0 Å². The Morgan fingerprint density at radius 2 is 1.21 bits per heavy atom. The van der Waals surface area contributed by atoms with Gasteiger partial charge in [-0.05, 0) is 70.5 Å². The first-order chi connectivity index (χ1) is 16.1. The number of hydrogen-bond acceptors (Lipinski definition) is 1. The Kier molecular flexibility index (Phi) is 4.41. The molecule has 0 fully saturated rings. The molecule has 0 aromatic heterocycles. The summed E-state index contributed by atoms with van der Waals surface area (Å²) in [5, 5.41) is 2.56. The van der Waals surface area contributed by atoms with E-state index in [4.69, 9.17) is 0 Å². The molecule has 1 aliphatic rings. The smallest absolute Gasteiger partial charge is 0.0540 e. The molecule has 0 amide bonds. The van der Waals surface area contributed by atoms with E-state index >= 15 is 0 Å². The van der Waals surface area contributed by atoms with Gasteiger partial charge in [0.15, 0.2) is 0 Å². The first kappa shape index (κ1) is 19.8. The van der Waals surface area contributed by atoms with Crippen LogP contribution in [0.5, 0.6) is 0 Å². The lowest BCUT2D eigenvalue weighted by atomic mass is 9.82. The molecule has 0 bridgehead atoms. The molecule has 0 spiro atoms. The summed E-state index contributed by atoms with van der Waals surface area (Å²) >= 11 is 0. The molecule has 160 valence electrons. The van der Waals surface area contributed by atoms with Crippen LogP contribution < -0.4 is 4.90 Å². The van der Waals surface area contributed by atoms with Crippen molar-refractivity contribution in [1.29, 1.82) is 0 Å². The van der Waals surface area contributed by atoms with E-state index in [1.54, 1.807) is 0 Å². The molecular weight excluding hydrogens is 398 g/mol. The normalized spacial score (nSPS) is 13.5. The molecule has 0 unspecified atom stereocenters. The zero-order valence-corrected chi connectivity index (χ0v) is 19.3. The van der Waals surface area contributed by atoms with Gasteiger partial charge in [0.2, 0.25) is 0 Å². The fourth-order valence-corrected chi connectivity index (χ4v) is 5.46. The quantitative estimate of drug-likeness (QED) is 0.279. The molecule has 0 N–H and O–H groups in total. The van der Waals surface area contributed by atoms with E-state index < -0.39 is 0 Å². The van der Waals surface area contributed by atoms with Gasteiger partial charge in [0.1, 0.15) is 0 Å². The Bertz CT molecular complexity index is 1490. The maximum absolute atomic E-state index is 2.40. The van der Waals surface area contributed by atoms with Gasteiger partial charge in [-0.3, -0.25) is 0 Å². The van der Waals surface area contributed by atoms with E-state index in [-0.39, 0.29) is 5.41 Å². The monoisotopic (exact) mass is 425 g/mol. The van der Waals surface area contributed by atoms with Gasteiger partial charge in [-0.2, -0.15) is 0 Å². The molecule has 33 heavy (non-hydrogen) atoms. The summed E-state index contributed by atoms with van der Waals surface area (Å²) in [5.41, 5.74) is 10.3. The Morgan fingerprint density at radius 1 is 0.545 bits per heavy atom. The first-order valence-electron chi connectivity index (χ1n) is 11.6. The zero-order chi connectivity index (χ0) is 22.6. The zero-order valence-electron chi connectivity index (χ0n) is 19.3. The van der Waals surface area contributed by atoms with Gasteiger partial charge in [-0.25, -0.2) is 0 Å². The number of benzene rings is 5. The van der Waals surface area contributed by atoms with Crippen LogP contribution >= 0.6 is 0 Å². The summed E-state index contributed by atoms with van der Waals surface area (Å²) in [6, 6.07) is 39.7. The Balaban J connectivity index is 1.60. The van der Waals surface area contributed by atoms with E-state index in [2.05, 4.69) is 135 Å². The van der Waals surface area contributed by atoms with Crippen molar-refractivity contribution in [2.75, 3.05) is 4.90 Å². The van der Waals surface area contributed by atoms with Crippen LogP contribution in [0.15, 0.2) is 109 Å². The second-order valence-corrected chi connectivity index (χ2v) is 9.52. The lowest BCUT2D eigenvalue weighted by Gasteiger charge is -2.29. The predicted octanol–water partition coefficient (Wildman–Crippen LogP) is 8.92. The minimum absolute atomic E-state index is 0.0281. The van der Waals surface area contributed by atoms with Crippen molar-refractivity contribution in [1.82, 2.24) is 0 Å². The molecule has 0 atom stereocenters. The van der Waals surface area contributed by atoms with E-state index in [9.17, 15) is 0 Å². The van der Waals surface area contributed by atoms with Crippen molar-refractivity contribution in [2.24, 2.45) is 0 Å². The molecule has 5 aromatic rings. The standard InChI is InChI=1S/C32H27N/c1-22-17-20-31(28-15-8-7-13-25(22)28)33(23-11-5-4-6-12-23)24-18-19-27-26-14-9-10-16-29(26)32(2,3)30(27)21-24/h4-21H,1-3H3. The molecule has 1 heteroatoms. The first-order valence-corrected chi connectivity index (χ1v) is 11.6. The van der Waals surface area contributed by atoms with Crippen LogP contribution in [-0.2, 0) is 5.41 Å². The third kappa shape index (κ3) is 3.00. The average molecular weight is 426 g/mol. The van der Waals surface area contributed by atoms with Crippen molar-refractivity contribution in [3.05, 3.63) is 126 Å². The van der Waals surface area contributed by atoms with Gasteiger partial charge in [0.25, 0.3) is 0 Å². The van der Waals surface area contributed by atoms with Crippen LogP contribution in [0.25, 0.3) is 21.9 Å². The number of nitrogens with zero attached hydrogens (tertiary/aromatic N) is 1. The van der Waals surface area contributed by atoms with Gasteiger partial charge in [-0.1, -0.05) is 92.7 Å². The molecule has 1 aliphatic carbocycles. The maximum atomic E-state index is 2.40. The average Bonchev–Trinajstić information content (AvgIpc) is 3.08. The second kappa shape index (κ2) is 7.35. The van der Waals surface area contributed by atoms with Crippen LogP contribution in [0, 0.1) is 6.92 Å². The minimum atomic E-state index is -0.0281. The van der Waals surface area contributed by atoms with Gasteiger partial charge >= 0.3 is 0 Å². The fraction of sp³-hybridized carbons (Fsp3) is 0.125. The van der Waals surface area contributed by atoms with Crippen molar-refractivity contribution >= 4 is 27.8 Å². The lowest BCUT2D eigenvalue weighted by Crippen LogP contribution is -2.16. The molecule has 1 nitrogen and oxygen atoms in total. The molecule has 0 saturated carbocycles. The van der Waals surface area contributed by atoms with E-state index in [1.807, 2.05) is 0 Å². The van der Waals surface area contributed by atoms with E-state index in [0.717, 1.165) is 0 Å². The van der Waals surface area contributed by atoms with Crippen LogP contribution in [0.2, 0.25) is 0 Å². The van der Waals surface area contributed by atoms with Crippen molar-refractivity contribution in [3.8, 4) is 11.1 Å². The summed E-state index contributed by atoms with van der Waals surface area (Å²) in [7, 11) is 0. The van der Waals surface area contributed by atoms with Crippen LogP contribution in [-0.4, -0.2) is 0 Å². The highest BCUT2D eigenvalue weighted by Gasteiger charge is 2.35. The highest BCUT2D eigenvalue weighted by molar-refractivity contribution is 6.00. The minimum Gasteiger partial charge on any atom is -0.310 e. The number of fused-ring (bicyclic) bond motifs is 4. The van der Waals surface area contributed by atoms with Crippen LogP contribution in [0.1, 0.15) is 30.5 Å².